The smallest absolute Gasteiger partial charge is 0.250 e. The highest BCUT2D eigenvalue weighted by Gasteiger charge is 2.19. The monoisotopic (exact) mass is 503 g/mol. The van der Waals surface area contributed by atoms with E-state index in [-0.39, 0.29) is 17.1 Å². The van der Waals surface area contributed by atoms with E-state index in [0.29, 0.717) is 10.2 Å². The molecule has 0 aliphatic rings. The fraction of sp³-hybridized carbons (Fsp3) is 0.185. The van der Waals surface area contributed by atoms with Gasteiger partial charge in [0.1, 0.15) is 0 Å². The molecule has 1 N–H and O–H groups in total. The van der Waals surface area contributed by atoms with Crippen LogP contribution < -0.4 is 5.43 Å². The molecule has 3 aromatic carbocycles. The minimum atomic E-state index is -0.237. The minimum absolute atomic E-state index is 0.0655. The molecule has 0 atom stereocenters. The molecule has 0 radical (unpaired) electrons. The molecule has 0 unspecified atom stereocenters. The molecule has 0 spiro atoms. The van der Waals surface area contributed by atoms with Crippen LogP contribution in [0.2, 0.25) is 5.02 Å². The standard InChI is InChI=1S/C27H26ClN5OS/c1-27(2,3)21-13-11-20(12-14-21)25-31-32-26(33(25)23-7-5-4-6-8-23)35-18-24(34)30-29-17-19-9-15-22(28)16-10-19/h4-17H,18H2,1-3H3,(H,30,34)/b29-17+. The van der Waals surface area contributed by atoms with E-state index < -0.39 is 0 Å². The van der Waals surface area contributed by atoms with Gasteiger partial charge in [-0.2, -0.15) is 5.10 Å². The van der Waals surface area contributed by atoms with Crippen LogP contribution in [0.3, 0.4) is 0 Å². The molecule has 1 aromatic heterocycles. The lowest BCUT2D eigenvalue weighted by molar-refractivity contribution is -0.118. The number of carbonyl (C=O) groups excluding carboxylic acids is 1. The van der Waals surface area contributed by atoms with Crippen LogP contribution in [0.1, 0.15) is 31.9 Å². The maximum Gasteiger partial charge on any atom is 0.250 e. The Hall–Kier alpha value is -3.42. The number of carbonyl (C=O) groups is 1. The first-order valence-electron chi connectivity index (χ1n) is 11.1. The predicted molar refractivity (Wildman–Crippen MR) is 143 cm³/mol. The second-order valence-corrected chi connectivity index (χ2v) is 10.3. The highest BCUT2D eigenvalue weighted by Crippen LogP contribution is 2.30. The summed E-state index contributed by atoms with van der Waals surface area (Å²) < 4.78 is 1.97. The first-order chi connectivity index (χ1) is 16.8. The van der Waals surface area contributed by atoms with Crippen molar-refractivity contribution in [2.24, 2.45) is 5.10 Å². The Morgan fingerprint density at radius 3 is 2.34 bits per heavy atom. The molecule has 0 saturated heterocycles. The van der Waals surface area contributed by atoms with Gasteiger partial charge >= 0.3 is 0 Å². The number of para-hydroxylation sites is 1. The Bertz CT molecular complexity index is 1310. The van der Waals surface area contributed by atoms with Crippen molar-refractivity contribution < 1.29 is 4.79 Å². The second kappa shape index (κ2) is 10.9. The van der Waals surface area contributed by atoms with E-state index in [0.717, 1.165) is 22.6 Å². The topological polar surface area (TPSA) is 72.2 Å². The zero-order valence-electron chi connectivity index (χ0n) is 19.8. The average molecular weight is 504 g/mol. The van der Waals surface area contributed by atoms with Crippen molar-refractivity contribution in [2.75, 3.05) is 5.75 Å². The Labute approximate surface area is 214 Å². The third kappa shape index (κ3) is 6.38. The highest BCUT2D eigenvalue weighted by molar-refractivity contribution is 7.99. The van der Waals surface area contributed by atoms with Crippen molar-refractivity contribution in [3.05, 3.63) is 95.0 Å². The maximum atomic E-state index is 12.4. The number of hydrazone groups is 1. The molecular formula is C27H26ClN5OS. The van der Waals surface area contributed by atoms with Crippen LogP contribution in [-0.2, 0) is 10.2 Å². The molecule has 0 aliphatic carbocycles. The predicted octanol–water partition coefficient (Wildman–Crippen LogP) is 6.13. The number of thioether (sulfide) groups is 1. The number of rotatable bonds is 7. The van der Waals surface area contributed by atoms with Gasteiger partial charge in [0.05, 0.1) is 12.0 Å². The Morgan fingerprint density at radius 1 is 1.00 bits per heavy atom. The molecule has 6 nitrogen and oxygen atoms in total. The lowest BCUT2D eigenvalue weighted by Gasteiger charge is -2.19. The molecule has 0 bridgehead atoms. The van der Waals surface area contributed by atoms with E-state index in [1.54, 1.807) is 18.3 Å². The quantitative estimate of drug-likeness (QED) is 0.187. The second-order valence-electron chi connectivity index (χ2n) is 8.94. The number of amides is 1. The van der Waals surface area contributed by atoms with E-state index in [1.165, 1.54) is 17.3 Å². The minimum Gasteiger partial charge on any atom is -0.272 e. The number of nitrogens with zero attached hydrogens (tertiary/aromatic N) is 4. The van der Waals surface area contributed by atoms with Crippen LogP contribution in [0.4, 0.5) is 0 Å². The molecule has 4 aromatic rings. The SMILES string of the molecule is CC(C)(C)c1ccc(-c2nnc(SCC(=O)N/N=C/c3ccc(Cl)cc3)n2-c2ccccc2)cc1. The van der Waals surface area contributed by atoms with Gasteiger partial charge in [-0.1, -0.05) is 98.7 Å². The van der Waals surface area contributed by atoms with Gasteiger partial charge in [0.2, 0.25) is 0 Å². The lowest BCUT2D eigenvalue weighted by Crippen LogP contribution is -2.20. The van der Waals surface area contributed by atoms with Crippen molar-refractivity contribution >= 4 is 35.5 Å². The summed E-state index contributed by atoms with van der Waals surface area (Å²) in [7, 11) is 0. The van der Waals surface area contributed by atoms with Gasteiger partial charge in [-0.3, -0.25) is 9.36 Å². The van der Waals surface area contributed by atoms with Crippen LogP contribution in [0.15, 0.2) is 89.1 Å². The van der Waals surface area contributed by atoms with Gasteiger partial charge in [-0.15, -0.1) is 10.2 Å². The van der Waals surface area contributed by atoms with E-state index in [1.807, 2.05) is 47.0 Å². The van der Waals surface area contributed by atoms with Crippen LogP contribution in [0.5, 0.6) is 0 Å². The van der Waals surface area contributed by atoms with E-state index in [9.17, 15) is 4.79 Å². The van der Waals surface area contributed by atoms with Crippen LogP contribution in [-0.4, -0.2) is 32.6 Å². The van der Waals surface area contributed by atoms with Gasteiger partial charge in [-0.25, -0.2) is 5.43 Å². The number of hydrogen-bond acceptors (Lipinski definition) is 5. The number of aromatic nitrogens is 3. The average Bonchev–Trinajstić information content (AvgIpc) is 3.28. The van der Waals surface area contributed by atoms with E-state index in [4.69, 9.17) is 11.6 Å². The fourth-order valence-electron chi connectivity index (χ4n) is 3.37. The van der Waals surface area contributed by atoms with Crippen LogP contribution in [0, 0.1) is 0 Å². The number of benzene rings is 3. The molecule has 4 rings (SSSR count). The molecule has 1 heterocycles. The van der Waals surface area contributed by atoms with Gasteiger partial charge in [0.15, 0.2) is 11.0 Å². The van der Waals surface area contributed by atoms with Gasteiger partial charge in [0.25, 0.3) is 5.91 Å². The van der Waals surface area contributed by atoms with Crippen LogP contribution >= 0.6 is 23.4 Å². The summed E-state index contributed by atoms with van der Waals surface area (Å²) in [5.41, 5.74) is 6.59. The molecule has 0 aliphatic heterocycles. The molecule has 35 heavy (non-hydrogen) atoms. The Kier molecular flexibility index (Phi) is 7.68. The summed E-state index contributed by atoms with van der Waals surface area (Å²) in [4.78, 5) is 12.4. The lowest BCUT2D eigenvalue weighted by atomic mass is 9.87. The molecule has 0 saturated carbocycles. The summed E-state index contributed by atoms with van der Waals surface area (Å²) in [6.07, 6.45) is 1.57. The van der Waals surface area contributed by atoms with Gasteiger partial charge in [-0.05, 0) is 40.8 Å². The zero-order chi connectivity index (χ0) is 24.8. The molecule has 178 valence electrons. The summed E-state index contributed by atoms with van der Waals surface area (Å²) in [5.74, 6) is 0.630. The Balaban J connectivity index is 1.51. The number of nitrogens with one attached hydrogen (secondary N) is 1. The third-order valence-corrected chi connectivity index (χ3v) is 6.44. The van der Waals surface area contributed by atoms with Crippen LogP contribution in [0.25, 0.3) is 17.1 Å². The van der Waals surface area contributed by atoms with Crippen molar-refractivity contribution in [1.29, 1.82) is 0 Å². The van der Waals surface area contributed by atoms with Crippen molar-refractivity contribution in [3.63, 3.8) is 0 Å². The summed E-state index contributed by atoms with van der Waals surface area (Å²) in [5, 5.41) is 14.2. The van der Waals surface area contributed by atoms with Crippen molar-refractivity contribution in [1.82, 2.24) is 20.2 Å². The highest BCUT2D eigenvalue weighted by atomic mass is 35.5. The normalized spacial score (nSPS) is 11.7. The molecule has 0 fully saturated rings. The first-order valence-corrected chi connectivity index (χ1v) is 12.5. The van der Waals surface area contributed by atoms with Crippen molar-refractivity contribution in [2.45, 2.75) is 31.3 Å². The first kappa shape index (κ1) is 24.7. The zero-order valence-corrected chi connectivity index (χ0v) is 21.3. The van der Waals surface area contributed by atoms with Gasteiger partial charge < -0.3 is 0 Å². The Morgan fingerprint density at radius 2 is 1.69 bits per heavy atom. The van der Waals surface area contributed by atoms with Crippen molar-refractivity contribution in [3.8, 4) is 17.1 Å². The molecular weight excluding hydrogens is 478 g/mol. The summed E-state index contributed by atoms with van der Waals surface area (Å²) >= 11 is 7.20. The fourth-order valence-corrected chi connectivity index (χ4v) is 4.24. The van der Waals surface area contributed by atoms with Gasteiger partial charge in [0, 0.05) is 16.3 Å². The number of halogens is 1. The number of hydrogen-bond donors (Lipinski definition) is 1. The third-order valence-electron chi connectivity index (χ3n) is 5.26. The summed E-state index contributed by atoms with van der Waals surface area (Å²) in [6, 6.07) is 25.5. The largest absolute Gasteiger partial charge is 0.272 e. The molecule has 8 heteroatoms. The van der Waals surface area contributed by atoms with E-state index in [2.05, 4.69) is 65.8 Å². The summed E-state index contributed by atoms with van der Waals surface area (Å²) in [6.45, 7) is 6.56. The van der Waals surface area contributed by atoms with E-state index >= 15 is 0 Å². The molecule has 1 amide bonds. The maximum absolute atomic E-state index is 12.4.